The second-order valence-corrected chi connectivity index (χ2v) is 6.30. The van der Waals surface area contributed by atoms with E-state index in [0.717, 1.165) is 21.8 Å². The van der Waals surface area contributed by atoms with Crippen LogP contribution in [0.4, 0.5) is 0 Å². The summed E-state index contributed by atoms with van der Waals surface area (Å²) in [5.41, 5.74) is 2.26. The van der Waals surface area contributed by atoms with Gasteiger partial charge in [0.2, 0.25) is 5.91 Å². The van der Waals surface area contributed by atoms with Crippen molar-refractivity contribution in [2.24, 2.45) is 0 Å². The van der Waals surface area contributed by atoms with Crippen LogP contribution in [0.3, 0.4) is 0 Å². The number of rotatable bonds is 6. The predicted octanol–water partition coefficient (Wildman–Crippen LogP) is 2.89. The van der Waals surface area contributed by atoms with Crippen molar-refractivity contribution in [3.63, 3.8) is 0 Å². The number of amides is 1. The number of thiophene rings is 1. The number of carbonyl (C=O) groups is 1. The second-order valence-electron chi connectivity index (χ2n) is 5.30. The second kappa shape index (κ2) is 7.27. The molecule has 7 heteroatoms. The van der Waals surface area contributed by atoms with E-state index >= 15 is 0 Å². The maximum atomic E-state index is 12.2. The lowest BCUT2D eigenvalue weighted by Crippen LogP contribution is -2.30. The van der Waals surface area contributed by atoms with Gasteiger partial charge < -0.3 is 10.1 Å². The van der Waals surface area contributed by atoms with Gasteiger partial charge in [-0.05, 0) is 41.6 Å². The van der Waals surface area contributed by atoms with Crippen LogP contribution < -0.4 is 10.1 Å². The van der Waals surface area contributed by atoms with E-state index in [4.69, 9.17) is 4.74 Å². The van der Waals surface area contributed by atoms with Crippen LogP contribution in [0.15, 0.2) is 48.4 Å². The zero-order chi connectivity index (χ0) is 16.9. The van der Waals surface area contributed by atoms with Gasteiger partial charge in [-0.15, -0.1) is 11.3 Å². The third-order valence-corrected chi connectivity index (χ3v) is 4.66. The first-order chi connectivity index (χ1) is 11.7. The molecule has 0 fully saturated rings. The molecule has 0 unspecified atom stereocenters. The molecule has 0 radical (unpaired) electrons. The molecule has 0 spiro atoms. The zero-order valence-electron chi connectivity index (χ0n) is 13.5. The highest BCUT2D eigenvalue weighted by Crippen LogP contribution is 2.27. The Morgan fingerprint density at radius 3 is 2.79 bits per heavy atom. The van der Waals surface area contributed by atoms with Gasteiger partial charge in [0.1, 0.15) is 24.4 Å². The molecule has 0 aliphatic carbocycles. The topological polar surface area (TPSA) is 69.0 Å². The fraction of sp³-hybridized carbons (Fsp3) is 0.235. The fourth-order valence-electron chi connectivity index (χ4n) is 2.27. The van der Waals surface area contributed by atoms with Gasteiger partial charge in [0, 0.05) is 4.88 Å². The lowest BCUT2D eigenvalue weighted by atomic mass is 10.1. The Morgan fingerprint density at radius 2 is 2.12 bits per heavy atom. The maximum absolute atomic E-state index is 12.2. The summed E-state index contributed by atoms with van der Waals surface area (Å²) in [6.45, 7) is 2.29. The smallest absolute Gasteiger partial charge is 0.244 e. The molecule has 6 nitrogen and oxygen atoms in total. The van der Waals surface area contributed by atoms with Crippen LogP contribution in [0.2, 0.25) is 0 Å². The first-order valence-corrected chi connectivity index (χ1v) is 8.39. The number of ether oxygens (including phenoxy) is 1. The van der Waals surface area contributed by atoms with E-state index in [1.807, 2.05) is 24.3 Å². The molecule has 3 rings (SSSR count). The molecule has 2 heterocycles. The van der Waals surface area contributed by atoms with Crippen molar-refractivity contribution in [2.45, 2.75) is 19.5 Å². The molecular weight excluding hydrogens is 324 g/mol. The van der Waals surface area contributed by atoms with Crippen molar-refractivity contribution in [1.82, 2.24) is 20.1 Å². The molecule has 0 saturated carbocycles. The Hall–Kier alpha value is -2.67. The Morgan fingerprint density at radius 1 is 1.33 bits per heavy atom. The van der Waals surface area contributed by atoms with Crippen molar-refractivity contribution in [1.29, 1.82) is 0 Å². The first-order valence-electron chi connectivity index (χ1n) is 7.51. The number of nitrogens with one attached hydrogen (secondary N) is 1. The number of hydrogen-bond donors (Lipinski definition) is 1. The molecule has 1 atom stereocenters. The summed E-state index contributed by atoms with van der Waals surface area (Å²) in [7, 11) is 1.65. The van der Waals surface area contributed by atoms with E-state index in [9.17, 15) is 4.79 Å². The summed E-state index contributed by atoms with van der Waals surface area (Å²) in [6.07, 6.45) is 2.96. The number of benzene rings is 1. The van der Waals surface area contributed by atoms with E-state index in [-0.39, 0.29) is 11.9 Å². The highest BCUT2D eigenvalue weighted by molar-refractivity contribution is 7.10. The van der Waals surface area contributed by atoms with Gasteiger partial charge in [-0.25, -0.2) is 9.67 Å². The SMILES string of the molecule is COc1ccc(-c2csc(CNC(=O)[C@H](C)n3cncn3)c2)cc1. The van der Waals surface area contributed by atoms with E-state index in [0.29, 0.717) is 6.54 Å². The highest BCUT2D eigenvalue weighted by atomic mass is 32.1. The number of nitrogens with zero attached hydrogens (tertiary/aromatic N) is 3. The minimum Gasteiger partial charge on any atom is -0.497 e. The largest absolute Gasteiger partial charge is 0.497 e. The summed E-state index contributed by atoms with van der Waals surface area (Å²) >= 11 is 1.62. The molecule has 3 aromatic rings. The van der Waals surface area contributed by atoms with Gasteiger partial charge in [0.25, 0.3) is 0 Å². The van der Waals surface area contributed by atoms with Gasteiger partial charge in [0.05, 0.1) is 13.7 Å². The van der Waals surface area contributed by atoms with Crippen molar-refractivity contribution in [3.8, 4) is 16.9 Å². The Balaban J connectivity index is 1.60. The molecule has 24 heavy (non-hydrogen) atoms. The van der Waals surface area contributed by atoms with E-state index in [2.05, 4.69) is 26.8 Å². The molecule has 0 aliphatic rings. The van der Waals surface area contributed by atoms with E-state index < -0.39 is 0 Å². The minimum absolute atomic E-state index is 0.0834. The molecule has 1 N–H and O–H groups in total. The predicted molar refractivity (Wildman–Crippen MR) is 92.9 cm³/mol. The van der Waals surface area contributed by atoms with Crippen molar-refractivity contribution < 1.29 is 9.53 Å². The zero-order valence-corrected chi connectivity index (χ0v) is 14.3. The summed E-state index contributed by atoms with van der Waals surface area (Å²) in [5.74, 6) is 0.753. The molecule has 0 aliphatic heterocycles. The summed E-state index contributed by atoms with van der Waals surface area (Å²) in [4.78, 5) is 17.1. The Bertz CT molecular complexity index is 796. The molecule has 1 aromatic carbocycles. The highest BCUT2D eigenvalue weighted by Gasteiger charge is 2.15. The van der Waals surface area contributed by atoms with Crippen LogP contribution in [-0.2, 0) is 11.3 Å². The van der Waals surface area contributed by atoms with E-state index in [1.54, 1.807) is 25.4 Å². The number of hydrogen-bond acceptors (Lipinski definition) is 5. The fourth-order valence-corrected chi connectivity index (χ4v) is 3.10. The number of methoxy groups -OCH3 is 1. The van der Waals surface area contributed by atoms with Crippen LogP contribution in [0, 0.1) is 0 Å². The van der Waals surface area contributed by atoms with Crippen molar-refractivity contribution in [2.75, 3.05) is 7.11 Å². The first kappa shape index (κ1) is 16.2. The van der Waals surface area contributed by atoms with Crippen LogP contribution in [0.1, 0.15) is 17.8 Å². The summed E-state index contributed by atoms with van der Waals surface area (Å²) < 4.78 is 6.71. The monoisotopic (exact) mass is 342 g/mol. The van der Waals surface area contributed by atoms with Crippen LogP contribution in [-0.4, -0.2) is 27.8 Å². The third-order valence-electron chi connectivity index (χ3n) is 3.73. The molecule has 124 valence electrons. The average molecular weight is 342 g/mol. The van der Waals surface area contributed by atoms with Crippen LogP contribution in [0.5, 0.6) is 5.75 Å². The van der Waals surface area contributed by atoms with Gasteiger partial charge in [-0.1, -0.05) is 12.1 Å². The van der Waals surface area contributed by atoms with Gasteiger partial charge in [0.15, 0.2) is 0 Å². The Kier molecular flexibility index (Phi) is 4.90. The van der Waals surface area contributed by atoms with Gasteiger partial charge in [-0.3, -0.25) is 4.79 Å². The third kappa shape index (κ3) is 3.62. The maximum Gasteiger partial charge on any atom is 0.244 e. The summed E-state index contributed by atoms with van der Waals surface area (Å²) in [6, 6.07) is 9.63. The van der Waals surface area contributed by atoms with Crippen molar-refractivity contribution in [3.05, 3.63) is 53.2 Å². The minimum atomic E-state index is -0.381. The Labute approximate surface area is 144 Å². The molecule has 2 aromatic heterocycles. The standard InChI is InChI=1S/C17H18N4O2S/c1-12(21-11-18-10-20-21)17(22)19-8-16-7-14(9-24-16)13-3-5-15(23-2)6-4-13/h3-7,9-12H,8H2,1-2H3,(H,19,22)/t12-/m0/s1. The quantitative estimate of drug-likeness (QED) is 0.748. The van der Waals surface area contributed by atoms with Gasteiger partial charge in [-0.2, -0.15) is 5.10 Å². The van der Waals surface area contributed by atoms with Crippen LogP contribution >= 0.6 is 11.3 Å². The molecule has 1 amide bonds. The number of carbonyl (C=O) groups excluding carboxylic acids is 1. The number of aromatic nitrogens is 3. The molecule has 0 bridgehead atoms. The van der Waals surface area contributed by atoms with Crippen molar-refractivity contribution >= 4 is 17.2 Å². The molecular formula is C17H18N4O2S. The lowest BCUT2D eigenvalue weighted by Gasteiger charge is -2.11. The summed E-state index contributed by atoms with van der Waals surface area (Å²) in [5, 5.41) is 9.01. The van der Waals surface area contributed by atoms with E-state index in [1.165, 1.54) is 17.3 Å². The average Bonchev–Trinajstić information content (AvgIpc) is 3.31. The molecule has 0 saturated heterocycles. The van der Waals surface area contributed by atoms with Crippen LogP contribution in [0.25, 0.3) is 11.1 Å². The normalized spacial score (nSPS) is 11.9. The lowest BCUT2D eigenvalue weighted by molar-refractivity contribution is -0.124. The van der Waals surface area contributed by atoms with Gasteiger partial charge >= 0.3 is 0 Å².